The van der Waals surface area contributed by atoms with Gasteiger partial charge in [-0.25, -0.2) is 9.48 Å². The van der Waals surface area contributed by atoms with Gasteiger partial charge in [0.2, 0.25) is 5.69 Å². The van der Waals surface area contributed by atoms with Crippen molar-refractivity contribution in [2.75, 3.05) is 13.7 Å². The van der Waals surface area contributed by atoms with Gasteiger partial charge in [0, 0.05) is 4.90 Å². The van der Waals surface area contributed by atoms with Gasteiger partial charge in [-0.05, 0) is 68.5 Å². The minimum Gasteiger partial charge on any atom is -0.497 e. The van der Waals surface area contributed by atoms with Gasteiger partial charge in [-0.1, -0.05) is 35.2 Å². The van der Waals surface area contributed by atoms with Crippen molar-refractivity contribution in [2.24, 2.45) is 0 Å². The highest BCUT2D eigenvalue weighted by Crippen LogP contribution is 2.33. The minimum atomic E-state index is -0.477. The number of hydrogen-bond acceptors (Lipinski definition) is 7. The van der Waals surface area contributed by atoms with E-state index >= 15 is 0 Å². The van der Waals surface area contributed by atoms with Crippen molar-refractivity contribution >= 4 is 17.7 Å². The van der Waals surface area contributed by atoms with E-state index in [2.05, 4.69) is 10.3 Å². The summed E-state index contributed by atoms with van der Waals surface area (Å²) in [6.45, 7) is 2.52. The van der Waals surface area contributed by atoms with Gasteiger partial charge >= 0.3 is 5.97 Å². The molecule has 8 heteroatoms. The molecule has 1 aromatic heterocycles. The van der Waals surface area contributed by atoms with Crippen LogP contribution in [0.1, 0.15) is 48.7 Å². The van der Waals surface area contributed by atoms with Crippen LogP contribution in [0.3, 0.4) is 0 Å². The highest BCUT2D eigenvalue weighted by atomic mass is 32.2. The highest BCUT2D eigenvalue weighted by molar-refractivity contribution is 7.99. The Bertz CT molecular complexity index is 1050. The van der Waals surface area contributed by atoms with E-state index in [-0.39, 0.29) is 18.4 Å². The van der Waals surface area contributed by atoms with Gasteiger partial charge in [0.15, 0.2) is 0 Å². The Balaban J connectivity index is 1.58. The summed E-state index contributed by atoms with van der Waals surface area (Å²) < 4.78 is 18.3. The van der Waals surface area contributed by atoms with E-state index in [1.165, 1.54) is 24.6 Å². The van der Waals surface area contributed by atoms with Crippen LogP contribution in [-0.2, 0) is 11.3 Å². The Labute approximate surface area is 192 Å². The molecule has 1 saturated carbocycles. The molecule has 0 aliphatic heterocycles. The molecule has 0 bridgehead atoms. The summed E-state index contributed by atoms with van der Waals surface area (Å²) in [6, 6.07) is 15.7. The van der Waals surface area contributed by atoms with Gasteiger partial charge in [0.05, 0.1) is 26.4 Å². The third-order valence-corrected chi connectivity index (χ3v) is 6.36. The summed E-state index contributed by atoms with van der Waals surface area (Å²) >= 11 is 1.43. The van der Waals surface area contributed by atoms with Crippen LogP contribution >= 0.6 is 11.8 Å². The molecule has 1 heterocycles. The SMILES string of the molecule is CCOC(=O)c1nnn(Cc2ccc(OC)cc2)c1Sc1cccc(OC2CCCC2)c1. The van der Waals surface area contributed by atoms with Crippen LogP contribution in [0.15, 0.2) is 58.5 Å². The molecule has 0 amide bonds. The summed E-state index contributed by atoms with van der Waals surface area (Å²) in [5.41, 5.74) is 1.23. The summed E-state index contributed by atoms with van der Waals surface area (Å²) in [6.07, 6.45) is 4.93. The van der Waals surface area contributed by atoms with Gasteiger partial charge < -0.3 is 14.2 Å². The number of methoxy groups -OCH3 is 1. The van der Waals surface area contributed by atoms with E-state index < -0.39 is 5.97 Å². The van der Waals surface area contributed by atoms with Crippen LogP contribution in [0.5, 0.6) is 11.5 Å². The van der Waals surface area contributed by atoms with E-state index in [4.69, 9.17) is 14.2 Å². The Kier molecular flexibility index (Phi) is 7.32. The zero-order chi connectivity index (χ0) is 22.3. The maximum Gasteiger partial charge on any atom is 0.361 e. The zero-order valence-corrected chi connectivity index (χ0v) is 19.1. The maximum atomic E-state index is 12.5. The zero-order valence-electron chi connectivity index (χ0n) is 18.3. The molecule has 0 unspecified atom stereocenters. The Morgan fingerprint density at radius 1 is 1.12 bits per heavy atom. The van der Waals surface area contributed by atoms with Crippen molar-refractivity contribution < 1.29 is 19.0 Å². The first-order valence-corrected chi connectivity index (χ1v) is 11.7. The third kappa shape index (κ3) is 5.43. The third-order valence-electron chi connectivity index (χ3n) is 5.27. The number of ether oxygens (including phenoxy) is 3. The van der Waals surface area contributed by atoms with E-state index in [0.29, 0.717) is 11.6 Å². The van der Waals surface area contributed by atoms with Gasteiger partial charge in [-0.2, -0.15) is 0 Å². The number of carbonyl (C=O) groups excluding carboxylic acids is 1. The monoisotopic (exact) mass is 453 g/mol. The van der Waals surface area contributed by atoms with Crippen molar-refractivity contribution in [3.05, 3.63) is 59.8 Å². The number of carbonyl (C=O) groups is 1. The highest BCUT2D eigenvalue weighted by Gasteiger charge is 2.23. The molecule has 0 radical (unpaired) electrons. The van der Waals surface area contributed by atoms with Gasteiger partial charge in [0.1, 0.15) is 16.5 Å². The predicted molar refractivity (Wildman–Crippen MR) is 122 cm³/mol. The van der Waals surface area contributed by atoms with Crippen molar-refractivity contribution in [1.29, 1.82) is 0 Å². The van der Waals surface area contributed by atoms with Gasteiger partial charge in [0.25, 0.3) is 0 Å². The Morgan fingerprint density at radius 2 is 1.91 bits per heavy atom. The lowest BCUT2D eigenvalue weighted by atomic mass is 10.2. The molecule has 2 aromatic carbocycles. The fourth-order valence-corrected chi connectivity index (χ4v) is 4.63. The van der Waals surface area contributed by atoms with Crippen molar-refractivity contribution in [3.8, 4) is 11.5 Å². The molecular weight excluding hydrogens is 426 g/mol. The Morgan fingerprint density at radius 3 is 2.62 bits per heavy atom. The average Bonchev–Trinajstić information content (AvgIpc) is 3.45. The molecule has 7 nitrogen and oxygen atoms in total. The lowest BCUT2D eigenvalue weighted by Crippen LogP contribution is -2.10. The topological polar surface area (TPSA) is 75.5 Å². The second-order valence-electron chi connectivity index (χ2n) is 7.57. The van der Waals surface area contributed by atoms with Crippen LogP contribution in [0.25, 0.3) is 0 Å². The quantitative estimate of drug-likeness (QED) is 0.423. The number of hydrogen-bond donors (Lipinski definition) is 0. The fourth-order valence-electron chi connectivity index (χ4n) is 3.66. The second kappa shape index (κ2) is 10.5. The minimum absolute atomic E-state index is 0.215. The molecule has 0 atom stereocenters. The lowest BCUT2D eigenvalue weighted by Gasteiger charge is -2.14. The van der Waals surface area contributed by atoms with Gasteiger partial charge in [-0.15, -0.1) is 5.10 Å². The normalized spacial score (nSPS) is 13.8. The first-order chi connectivity index (χ1) is 15.7. The van der Waals surface area contributed by atoms with Crippen LogP contribution in [-0.4, -0.2) is 40.8 Å². The smallest absolute Gasteiger partial charge is 0.361 e. The van der Waals surface area contributed by atoms with E-state index in [1.807, 2.05) is 48.5 Å². The van der Waals surface area contributed by atoms with Crippen molar-refractivity contribution in [2.45, 2.75) is 55.2 Å². The summed E-state index contributed by atoms with van der Waals surface area (Å²) in [5.74, 6) is 1.15. The summed E-state index contributed by atoms with van der Waals surface area (Å²) in [4.78, 5) is 13.5. The molecule has 1 fully saturated rings. The fraction of sp³-hybridized carbons (Fsp3) is 0.375. The Hall–Kier alpha value is -3.00. The van der Waals surface area contributed by atoms with Crippen LogP contribution < -0.4 is 9.47 Å². The summed E-state index contributed by atoms with van der Waals surface area (Å²) in [5, 5.41) is 9.01. The van der Waals surface area contributed by atoms with Gasteiger partial charge in [-0.3, -0.25) is 0 Å². The number of aromatic nitrogens is 3. The maximum absolute atomic E-state index is 12.5. The predicted octanol–water partition coefficient (Wildman–Crippen LogP) is 4.98. The van der Waals surface area contributed by atoms with E-state index in [9.17, 15) is 4.79 Å². The summed E-state index contributed by atoms with van der Waals surface area (Å²) in [7, 11) is 1.64. The standard InChI is InChI=1S/C24H27N3O4S/c1-3-30-24(28)22-23(27(26-25-22)16-17-11-13-18(29-2)14-12-17)32-21-10-6-9-20(15-21)31-19-7-4-5-8-19/h6,9-15,19H,3-5,7-8,16H2,1-2H3. The number of rotatable bonds is 9. The molecule has 0 saturated heterocycles. The number of nitrogens with zero attached hydrogens (tertiary/aromatic N) is 3. The van der Waals surface area contributed by atoms with Crippen molar-refractivity contribution in [3.63, 3.8) is 0 Å². The number of benzene rings is 2. The lowest BCUT2D eigenvalue weighted by molar-refractivity contribution is 0.0515. The van der Waals surface area contributed by atoms with E-state index in [1.54, 1.807) is 18.7 Å². The molecule has 1 aliphatic carbocycles. The van der Waals surface area contributed by atoms with E-state index in [0.717, 1.165) is 34.8 Å². The van der Waals surface area contributed by atoms with Crippen LogP contribution in [0, 0.1) is 0 Å². The van der Waals surface area contributed by atoms with Crippen molar-refractivity contribution in [1.82, 2.24) is 15.0 Å². The molecular formula is C24H27N3O4S. The molecule has 0 spiro atoms. The molecule has 32 heavy (non-hydrogen) atoms. The molecule has 168 valence electrons. The number of esters is 1. The van der Waals surface area contributed by atoms with Crippen LogP contribution in [0.4, 0.5) is 0 Å². The average molecular weight is 454 g/mol. The second-order valence-corrected chi connectivity index (χ2v) is 8.63. The first-order valence-electron chi connectivity index (χ1n) is 10.8. The molecule has 3 aromatic rings. The van der Waals surface area contributed by atoms with Crippen LogP contribution in [0.2, 0.25) is 0 Å². The molecule has 1 aliphatic rings. The first kappa shape index (κ1) is 22.2. The molecule has 4 rings (SSSR count). The largest absolute Gasteiger partial charge is 0.497 e. The molecule has 0 N–H and O–H groups in total.